The van der Waals surface area contributed by atoms with Crippen LogP contribution in [0.2, 0.25) is 5.02 Å². The molecular weight excluding hydrogens is 268 g/mol. The first-order chi connectivity index (χ1) is 9.37. The van der Waals surface area contributed by atoms with Gasteiger partial charge in [-0.25, -0.2) is 0 Å². The molecule has 2 nitrogen and oxygen atoms in total. The van der Waals surface area contributed by atoms with Gasteiger partial charge in [-0.15, -0.1) is 0 Å². The van der Waals surface area contributed by atoms with E-state index in [4.69, 9.17) is 11.6 Å². The third-order valence-electron chi connectivity index (χ3n) is 3.89. The van der Waals surface area contributed by atoms with Gasteiger partial charge in [-0.3, -0.25) is 0 Å². The Morgan fingerprint density at radius 2 is 2.10 bits per heavy atom. The summed E-state index contributed by atoms with van der Waals surface area (Å²) in [6, 6.07) is 6.28. The summed E-state index contributed by atoms with van der Waals surface area (Å²) in [6.07, 6.45) is 2.62. The lowest BCUT2D eigenvalue weighted by molar-refractivity contribution is 0.421. The van der Waals surface area contributed by atoms with Crippen molar-refractivity contribution in [3.63, 3.8) is 0 Å². The molecule has 0 radical (unpaired) electrons. The second kappa shape index (κ2) is 6.36. The Morgan fingerprint density at radius 1 is 1.35 bits per heavy atom. The second-order valence-corrected chi connectivity index (χ2v) is 7.44. The highest BCUT2D eigenvalue weighted by Crippen LogP contribution is 2.31. The number of anilines is 1. The molecule has 2 rings (SSSR count). The fourth-order valence-corrected chi connectivity index (χ4v) is 3.02. The highest BCUT2D eigenvalue weighted by Gasteiger charge is 2.20. The summed E-state index contributed by atoms with van der Waals surface area (Å²) in [5.74, 6) is 0.770. The second-order valence-electron chi connectivity index (χ2n) is 7.03. The third kappa shape index (κ3) is 4.13. The van der Waals surface area contributed by atoms with Crippen molar-refractivity contribution in [1.29, 1.82) is 0 Å². The van der Waals surface area contributed by atoms with Gasteiger partial charge < -0.3 is 10.2 Å². The van der Waals surface area contributed by atoms with Crippen molar-refractivity contribution < 1.29 is 0 Å². The quantitative estimate of drug-likeness (QED) is 0.885. The fraction of sp³-hybridized carbons (Fsp3) is 0.647. The molecule has 1 aromatic carbocycles. The van der Waals surface area contributed by atoms with Crippen molar-refractivity contribution in [2.45, 2.75) is 52.6 Å². The molecule has 1 atom stereocenters. The average Bonchev–Trinajstić information content (AvgIpc) is 2.36. The third-order valence-corrected chi connectivity index (χ3v) is 4.24. The molecule has 1 aliphatic heterocycles. The SMILES string of the molecule is CC1CCCN(c2cccc(Cl)c2CNC(C)(C)C)C1. The molecule has 1 fully saturated rings. The van der Waals surface area contributed by atoms with Crippen LogP contribution in [0.15, 0.2) is 18.2 Å². The zero-order chi connectivity index (χ0) is 14.8. The van der Waals surface area contributed by atoms with E-state index in [-0.39, 0.29) is 5.54 Å². The van der Waals surface area contributed by atoms with E-state index < -0.39 is 0 Å². The average molecular weight is 295 g/mol. The lowest BCUT2D eigenvalue weighted by Crippen LogP contribution is -2.37. The normalized spacial score (nSPS) is 20.2. The van der Waals surface area contributed by atoms with Gasteiger partial charge in [0, 0.05) is 41.4 Å². The number of nitrogens with one attached hydrogen (secondary N) is 1. The Labute approximate surface area is 128 Å². The molecule has 1 heterocycles. The predicted molar refractivity (Wildman–Crippen MR) is 88.7 cm³/mol. The van der Waals surface area contributed by atoms with E-state index in [2.05, 4.69) is 50.0 Å². The van der Waals surface area contributed by atoms with E-state index >= 15 is 0 Å². The number of benzene rings is 1. The monoisotopic (exact) mass is 294 g/mol. The van der Waals surface area contributed by atoms with Gasteiger partial charge in [0.05, 0.1) is 0 Å². The molecule has 112 valence electrons. The smallest absolute Gasteiger partial charge is 0.0471 e. The highest BCUT2D eigenvalue weighted by molar-refractivity contribution is 6.31. The number of hydrogen-bond donors (Lipinski definition) is 1. The summed E-state index contributed by atoms with van der Waals surface area (Å²) in [6.45, 7) is 12.0. The van der Waals surface area contributed by atoms with Crippen LogP contribution in [-0.4, -0.2) is 18.6 Å². The van der Waals surface area contributed by atoms with Crippen LogP contribution >= 0.6 is 11.6 Å². The van der Waals surface area contributed by atoms with Gasteiger partial charge in [-0.05, 0) is 51.7 Å². The summed E-state index contributed by atoms with van der Waals surface area (Å²) in [5, 5.41) is 4.43. The summed E-state index contributed by atoms with van der Waals surface area (Å²) in [5.41, 5.74) is 2.64. The van der Waals surface area contributed by atoms with Gasteiger partial charge in [0.1, 0.15) is 0 Å². The van der Waals surface area contributed by atoms with Crippen molar-refractivity contribution in [3.05, 3.63) is 28.8 Å². The Morgan fingerprint density at radius 3 is 2.75 bits per heavy atom. The Kier molecular flexibility index (Phi) is 4.98. The fourth-order valence-electron chi connectivity index (χ4n) is 2.78. The molecular formula is C17H27ClN2. The largest absolute Gasteiger partial charge is 0.371 e. The van der Waals surface area contributed by atoms with Crippen molar-refractivity contribution >= 4 is 17.3 Å². The van der Waals surface area contributed by atoms with E-state index in [1.165, 1.54) is 24.1 Å². The van der Waals surface area contributed by atoms with Crippen LogP contribution in [-0.2, 0) is 6.54 Å². The zero-order valence-corrected chi connectivity index (χ0v) is 13.9. The van der Waals surface area contributed by atoms with Crippen LogP contribution in [0.25, 0.3) is 0 Å². The van der Waals surface area contributed by atoms with Crippen LogP contribution in [0.3, 0.4) is 0 Å². The minimum absolute atomic E-state index is 0.103. The maximum Gasteiger partial charge on any atom is 0.0471 e. The summed E-state index contributed by atoms with van der Waals surface area (Å²) in [4.78, 5) is 2.50. The Balaban J connectivity index is 2.21. The zero-order valence-electron chi connectivity index (χ0n) is 13.2. The van der Waals surface area contributed by atoms with Crippen LogP contribution in [0, 0.1) is 5.92 Å². The predicted octanol–water partition coefficient (Wildman–Crippen LogP) is 4.46. The molecule has 0 saturated carbocycles. The molecule has 0 amide bonds. The van der Waals surface area contributed by atoms with Crippen LogP contribution in [0.1, 0.15) is 46.1 Å². The Bertz CT molecular complexity index is 451. The first kappa shape index (κ1) is 15.7. The topological polar surface area (TPSA) is 15.3 Å². The lowest BCUT2D eigenvalue weighted by Gasteiger charge is -2.35. The van der Waals surface area contributed by atoms with E-state index in [9.17, 15) is 0 Å². The molecule has 1 N–H and O–H groups in total. The van der Waals surface area contributed by atoms with E-state index in [1.54, 1.807) is 0 Å². The molecule has 1 aliphatic rings. The molecule has 1 aromatic rings. The van der Waals surface area contributed by atoms with E-state index in [1.807, 2.05) is 6.07 Å². The van der Waals surface area contributed by atoms with Gasteiger partial charge in [0.2, 0.25) is 0 Å². The van der Waals surface area contributed by atoms with Crippen LogP contribution in [0.4, 0.5) is 5.69 Å². The lowest BCUT2D eigenvalue weighted by atomic mass is 9.98. The first-order valence-electron chi connectivity index (χ1n) is 7.64. The summed E-state index contributed by atoms with van der Waals surface area (Å²) >= 11 is 6.45. The molecule has 0 bridgehead atoms. The standard InChI is InChI=1S/C17H27ClN2/c1-13-7-6-10-20(12-13)16-9-5-8-15(18)14(16)11-19-17(2,3)4/h5,8-9,13,19H,6-7,10-12H2,1-4H3. The number of piperidine rings is 1. The maximum absolute atomic E-state index is 6.45. The van der Waals surface area contributed by atoms with E-state index in [0.717, 1.165) is 30.6 Å². The number of nitrogens with zero attached hydrogens (tertiary/aromatic N) is 1. The van der Waals surface area contributed by atoms with Gasteiger partial charge in [0.25, 0.3) is 0 Å². The molecule has 1 unspecified atom stereocenters. The minimum Gasteiger partial charge on any atom is -0.371 e. The number of halogens is 1. The molecule has 0 aromatic heterocycles. The highest BCUT2D eigenvalue weighted by atomic mass is 35.5. The van der Waals surface area contributed by atoms with Crippen molar-refractivity contribution in [2.24, 2.45) is 5.92 Å². The van der Waals surface area contributed by atoms with Crippen molar-refractivity contribution in [1.82, 2.24) is 5.32 Å². The van der Waals surface area contributed by atoms with Crippen LogP contribution < -0.4 is 10.2 Å². The first-order valence-corrected chi connectivity index (χ1v) is 8.02. The van der Waals surface area contributed by atoms with Gasteiger partial charge in [-0.1, -0.05) is 24.6 Å². The number of hydrogen-bond acceptors (Lipinski definition) is 2. The van der Waals surface area contributed by atoms with Crippen molar-refractivity contribution in [2.75, 3.05) is 18.0 Å². The summed E-state index contributed by atoms with van der Waals surface area (Å²) < 4.78 is 0. The molecule has 0 aliphatic carbocycles. The Hall–Kier alpha value is -0.730. The van der Waals surface area contributed by atoms with Gasteiger partial charge >= 0.3 is 0 Å². The molecule has 3 heteroatoms. The summed E-state index contributed by atoms with van der Waals surface area (Å²) in [7, 11) is 0. The minimum atomic E-state index is 0.103. The van der Waals surface area contributed by atoms with Crippen molar-refractivity contribution in [3.8, 4) is 0 Å². The maximum atomic E-state index is 6.45. The van der Waals surface area contributed by atoms with Gasteiger partial charge in [-0.2, -0.15) is 0 Å². The number of rotatable bonds is 3. The van der Waals surface area contributed by atoms with Crippen LogP contribution in [0.5, 0.6) is 0 Å². The van der Waals surface area contributed by atoms with E-state index in [0.29, 0.717) is 0 Å². The molecule has 20 heavy (non-hydrogen) atoms. The molecule has 0 spiro atoms. The van der Waals surface area contributed by atoms with Gasteiger partial charge in [0.15, 0.2) is 0 Å². The molecule has 1 saturated heterocycles.